The number of aromatic nitrogens is 3. The van der Waals surface area contributed by atoms with Crippen LogP contribution in [0.2, 0.25) is 0 Å². The monoisotopic (exact) mass is 320 g/mol. The predicted molar refractivity (Wildman–Crippen MR) is 89.2 cm³/mol. The average Bonchev–Trinajstić information content (AvgIpc) is 3.20. The highest BCUT2D eigenvalue weighted by molar-refractivity contribution is 6.03. The number of rotatable bonds is 1. The van der Waals surface area contributed by atoms with E-state index < -0.39 is 0 Å². The summed E-state index contributed by atoms with van der Waals surface area (Å²) in [7, 11) is 1.85. The van der Waals surface area contributed by atoms with Gasteiger partial charge in [0.05, 0.1) is 17.8 Å². The van der Waals surface area contributed by atoms with Crippen molar-refractivity contribution >= 4 is 22.6 Å². The summed E-state index contributed by atoms with van der Waals surface area (Å²) in [5, 5.41) is 11.3. The fourth-order valence-corrected chi connectivity index (χ4v) is 3.75. The molecule has 0 aliphatic carbocycles. The van der Waals surface area contributed by atoms with Crippen LogP contribution in [0.5, 0.6) is 5.75 Å². The Kier molecular flexibility index (Phi) is 2.71. The molecular formula is C18H16N4O2. The van der Waals surface area contributed by atoms with Gasteiger partial charge in [-0.15, -0.1) is 5.10 Å². The maximum absolute atomic E-state index is 12.3. The molecule has 0 fully saturated rings. The van der Waals surface area contributed by atoms with Gasteiger partial charge in [0.25, 0.3) is 0 Å². The van der Waals surface area contributed by atoms with Crippen LogP contribution in [-0.4, -0.2) is 27.5 Å². The van der Waals surface area contributed by atoms with Gasteiger partial charge in [0.2, 0.25) is 5.91 Å². The SMILES string of the molecule is Cn1nnc2c3c(ccc21)C(c1ccc2c(c1)CCO2)CC(=O)N3. The highest BCUT2D eigenvalue weighted by Crippen LogP contribution is 2.41. The molecule has 1 N–H and O–H groups in total. The molecule has 0 radical (unpaired) electrons. The maximum Gasteiger partial charge on any atom is 0.225 e. The number of amides is 1. The van der Waals surface area contributed by atoms with Gasteiger partial charge in [0.1, 0.15) is 11.3 Å². The van der Waals surface area contributed by atoms with E-state index in [0.29, 0.717) is 6.42 Å². The van der Waals surface area contributed by atoms with Gasteiger partial charge in [0.15, 0.2) is 0 Å². The minimum absolute atomic E-state index is 0.0161. The topological polar surface area (TPSA) is 69.0 Å². The van der Waals surface area contributed by atoms with E-state index in [1.54, 1.807) is 4.68 Å². The summed E-state index contributed by atoms with van der Waals surface area (Å²) in [6, 6.07) is 10.4. The predicted octanol–water partition coefficient (Wildman–Crippen LogP) is 2.38. The summed E-state index contributed by atoms with van der Waals surface area (Å²) in [5.74, 6) is 1.01. The Morgan fingerprint density at radius 2 is 2.21 bits per heavy atom. The number of nitrogens with one attached hydrogen (secondary N) is 1. The van der Waals surface area contributed by atoms with Gasteiger partial charge in [-0.3, -0.25) is 4.79 Å². The van der Waals surface area contributed by atoms with Crippen LogP contribution in [-0.2, 0) is 18.3 Å². The fourth-order valence-electron chi connectivity index (χ4n) is 3.75. The zero-order valence-electron chi connectivity index (χ0n) is 13.2. The summed E-state index contributed by atoms with van der Waals surface area (Å²) < 4.78 is 7.31. The molecule has 6 heteroatoms. The molecule has 0 saturated carbocycles. The Morgan fingerprint density at radius 1 is 1.29 bits per heavy atom. The molecule has 24 heavy (non-hydrogen) atoms. The third kappa shape index (κ3) is 1.86. The number of aryl methyl sites for hydroxylation is 1. The van der Waals surface area contributed by atoms with Gasteiger partial charge in [-0.25, -0.2) is 4.68 Å². The Labute approximate surface area is 138 Å². The molecule has 5 rings (SSSR count). The zero-order chi connectivity index (χ0) is 16.3. The Balaban J connectivity index is 1.69. The average molecular weight is 320 g/mol. The van der Waals surface area contributed by atoms with E-state index in [4.69, 9.17) is 4.74 Å². The van der Waals surface area contributed by atoms with Crippen molar-refractivity contribution in [2.24, 2.45) is 7.05 Å². The summed E-state index contributed by atoms with van der Waals surface area (Å²) in [5.41, 5.74) is 5.92. The molecule has 2 aromatic carbocycles. The van der Waals surface area contributed by atoms with Crippen LogP contribution < -0.4 is 10.1 Å². The number of hydrogen-bond donors (Lipinski definition) is 1. The van der Waals surface area contributed by atoms with Crippen LogP contribution in [0.4, 0.5) is 5.69 Å². The van der Waals surface area contributed by atoms with Crippen LogP contribution in [0, 0.1) is 0 Å². The van der Waals surface area contributed by atoms with Crippen LogP contribution in [0.1, 0.15) is 29.0 Å². The largest absolute Gasteiger partial charge is 0.493 e. The maximum atomic E-state index is 12.3. The molecule has 1 unspecified atom stereocenters. The zero-order valence-corrected chi connectivity index (χ0v) is 13.2. The van der Waals surface area contributed by atoms with Gasteiger partial charge in [-0.05, 0) is 28.8 Å². The van der Waals surface area contributed by atoms with E-state index in [-0.39, 0.29) is 11.8 Å². The van der Waals surface area contributed by atoms with Crippen LogP contribution in [0.25, 0.3) is 11.0 Å². The van der Waals surface area contributed by atoms with E-state index in [9.17, 15) is 4.79 Å². The first-order valence-electron chi connectivity index (χ1n) is 8.08. The first-order chi connectivity index (χ1) is 11.7. The Hall–Kier alpha value is -2.89. The van der Waals surface area contributed by atoms with Gasteiger partial charge >= 0.3 is 0 Å². The van der Waals surface area contributed by atoms with Gasteiger partial charge in [-0.2, -0.15) is 0 Å². The number of ether oxygens (including phenoxy) is 1. The number of nitrogens with zero attached hydrogens (tertiary/aromatic N) is 3. The third-order valence-electron chi connectivity index (χ3n) is 4.96. The first kappa shape index (κ1) is 13.5. The number of fused-ring (bicyclic) bond motifs is 4. The summed E-state index contributed by atoms with van der Waals surface area (Å²) in [4.78, 5) is 12.3. The minimum Gasteiger partial charge on any atom is -0.493 e. The number of hydrogen-bond acceptors (Lipinski definition) is 4. The van der Waals surface area contributed by atoms with Crippen molar-refractivity contribution < 1.29 is 9.53 Å². The van der Waals surface area contributed by atoms with Crippen LogP contribution >= 0.6 is 0 Å². The summed E-state index contributed by atoms with van der Waals surface area (Å²) >= 11 is 0. The Morgan fingerprint density at radius 3 is 3.12 bits per heavy atom. The molecule has 3 heterocycles. The van der Waals surface area contributed by atoms with Crippen molar-refractivity contribution in [3.05, 3.63) is 47.0 Å². The third-order valence-corrected chi connectivity index (χ3v) is 4.96. The number of benzene rings is 2. The normalized spacial score (nSPS) is 18.9. The number of anilines is 1. The molecule has 3 aromatic rings. The number of carbonyl (C=O) groups is 1. The van der Waals surface area contributed by atoms with Crippen molar-refractivity contribution in [3.8, 4) is 5.75 Å². The van der Waals surface area contributed by atoms with E-state index in [2.05, 4.69) is 33.8 Å². The van der Waals surface area contributed by atoms with Crippen LogP contribution in [0.3, 0.4) is 0 Å². The lowest BCUT2D eigenvalue weighted by Crippen LogP contribution is -2.23. The first-order valence-corrected chi connectivity index (χ1v) is 8.08. The molecule has 1 atom stereocenters. The van der Waals surface area contributed by atoms with Crippen LogP contribution in [0.15, 0.2) is 30.3 Å². The van der Waals surface area contributed by atoms with E-state index in [1.807, 2.05) is 19.2 Å². The fraction of sp³-hybridized carbons (Fsp3) is 0.278. The molecule has 1 aromatic heterocycles. The molecule has 0 saturated heterocycles. The van der Waals surface area contributed by atoms with E-state index >= 15 is 0 Å². The van der Waals surface area contributed by atoms with Crippen molar-refractivity contribution in [2.75, 3.05) is 11.9 Å². The molecule has 6 nitrogen and oxygen atoms in total. The smallest absolute Gasteiger partial charge is 0.225 e. The van der Waals surface area contributed by atoms with Crippen molar-refractivity contribution in [3.63, 3.8) is 0 Å². The second-order valence-corrected chi connectivity index (χ2v) is 6.38. The Bertz CT molecular complexity index is 992. The summed E-state index contributed by atoms with van der Waals surface area (Å²) in [6.07, 6.45) is 1.37. The number of carbonyl (C=O) groups excluding carboxylic acids is 1. The van der Waals surface area contributed by atoms with Crippen molar-refractivity contribution in [1.29, 1.82) is 0 Å². The molecule has 2 aliphatic rings. The lowest BCUT2D eigenvalue weighted by Gasteiger charge is -2.26. The van der Waals surface area contributed by atoms with E-state index in [1.165, 1.54) is 5.56 Å². The van der Waals surface area contributed by atoms with Crippen molar-refractivity contribution in [2.45, 2.75) is 18.8 Å². The molecule has 120 valence electrons. The highest BCUT2D eigenvalue weighted by atomic mass is 16.5. The second kappa shape index (κ2) is 4.80. The summed E-state index contributed by atoms with van der Waals surface area (Å²) in [6.45, 7) is 0.737. The highest BCUT2D eigenvalue weighted by Gasteiger charge is 2.29. The van der Waals surface area contributed by atoms with E-state index in [0.717, 1.165) is 46.6 Å². The standard InChI is InChI=1S/C18H16N4O2/c1-22-14-4-3-12-13(9-16(23)19-17(12)18(14)20-21-22)10-2-5-15-11(8-10)6-7-24-15/h2-5,8,13H,6-7,9H2,1H3,(H,19,23). The molecule has 0 spiro atoms. The molecule has 0 bridgehead atoms. The lowest BCUT2D eigenvalue weighted by atomic mass is 9.83. The second-order valence-electron chi connectivity index (χ2n) is 6.38. The minimum atomic E-state index is 0.0161. The molecule has 1 amide bonds. The lowest BCUT2D eigenvalue weighted by molar-refractivity contribution is -0.116. The van der Waals surface area contributed by atoms with Gasteiger partial charge in [0, 0.05) is 25.8 Å². The van der Waals surface area contributed by atoms with Crippen molar-refractivity contribution in [1.82, 2.24) is 15.0 Å². The van der Waals surface area contributed by atoms with Gasteiger partial charge in [-0.1, -0.05) is 23.4 Å². The molecule has 2 aliphatic heterocycles. The quantitative estimate of drug-likeness (QED) is 0.747. The van der Waals surface area contributed by atoms with Gasteiger partial charge < -0.3 is 10.1 Å². The molecular weight excluding hydrogens is 304 g/mol.